The quantitative estimate of drug-likeness (QED) is 0.825. The minimum Gasteiger partial charge on any atom is -0.492 e. The highest BCUT2D eigenvalue weighted by Gasteiger charge is 2.01. The van der Waals surface area contributed by atoms with Gasteiger partial charge in [-0.1, -0.05) is 42.5 Å². The Bertz CT molecular complexity index is 470. The molecule has 0 saturated carbocycles. The van der Waals surface area contributed by atoms with E-state index in [9.17, 15) is 0 Å². The molecule has 2 aromatic rings. The van der Waals surface area contributed by atoms with Crippen LogP contribution in [0, 0.1) is 0 Å². The van der Waals surface area contributed by atoms with Gasteiger partial charge in [-0.05, 0) is 42.0 Å². The number of rotatable bonds is 5. The lowest BCUT2D eigenvalue weighted by molar-refractivity contribution is 0.289. The summed E-state index contributed by atoms with van der Waals surface area (Å²) in [5, 5.41) is 0. The average Bonchev–Trinajstić information content (AvgIpc) is 2.46. The van der Waals surface area contributed by atoms with Crippen molar-refractivity contribution in [3.63, 3.8) is 0 Å². The molecule has 0 fully saturated rings. The second kappa shape index (κ2) is 6.43. The molecule has 0 heterocycles. The van der Waals surface area contributed by atoms with Gasteiger partial charge in [-0.2, -0.15) is 0 Å². The van der Waals surface area contributed by atoms with Gasteiger partial charge < -0.3 is 4.74 Å². The third kappa shape index (κ3) is 3.49. The number of hydrogen-bond donors (Lipinski definition) is 1. The van der Waals surface area contributed by atoms with E-state index in [0.29, 0.717) is 6.61 Å². The van der Waals surface area contributed by atoms with E-state index < -0.39 is 0 Å². The highest BCUT2D eigenvalue weighted by Crippen LogP contribution is 2.22. The third-order valence-corrected chi connectivity index (χ3v) is 3.02. The van der Waals surface area contributed by atoms with Gasteiger partial charge in [0.15, 0.2) is 0 Å². The van der Waals surface area contributed by atoms with Gasteiger partial charge in [0.05, 0.1) is 6.04 Å². The Morgan fingerprint density at radius 3 is 2.22 bits per heavy atom. The standard InChI is InChI=1S/C15H16ClNO/c1-12(17-16)11-18-15-9-7-14(8-10-15)13-5-3-2-4-6-13/h2-10,12,17H,11H2,1H3. The molecular formula is C15H16ClNO. The van der Waals surface area contributed by atoms with Crippen LogP contribution >= 0.6 is 11.8 Å². The zero-order valence-corrected chi connectivity index (χ0v) is 11.0. The van der Waals surface area contributed by atoms with Crippen molar-refractivity contribution in [3.8, 4) is 16.9 Å². The van der Waals surface area contributed by atoms with Crippen LogP contribution in [-0.2, 0) is 0 Å². The summed E-state index contributed by atoms with van der Waals surface area (Å²) in [7, 11) is 0. The third-order valence-electron chi connectivity index (χ3n) is 2.65. The molecule has 1 N–H and O–H groups in total. The highest BCUT2D eigenvalue weighted by molar-refractivity contribution is 6.13. The Morgan fingerprint density at radius 2 is 1.61 bits per heavy atom. The van der Waals surface area contributed by atoms with Gasteiger partial charge in [-0.15, -0.1) is 0 Å². The number of nitrogens with one attached hydrogen (secondary N) is 1. The number of benzene rings is 2. The maximum absolute atomic E-state index is 5.60. The summed E-state index contributed by atoms with van der Waals surface area (Å²) in [5.74, 6) is 0.855. The lowest BCUT2D eigenvalue weighted by atomic mass is 10.1. The molecule has 0 spiro atoms. The second-order valence-electron chi connectivity index (χ2n) is 4.21. The summed E-state index contributed by atoms with van der Waals surface area (Å²) in [6, 6.07) is 18.5. The first kappa shape index (κ1) is 12.9. The summed E-state index contributed by atoms with van der Waals surface area (Å²) in [5.41, 5.74) is 2.39. The molecule has 1 unspecified atom stereocenters. The largest absolute Gasteiger partial charge is 0.492 e. The van der Waals surface area contributed by atoms with Gasteiger partial charge in [0, 0.05) is 0 Å². The minimum absolute atomic E-state index is 0.125. The predicted molar refractivity (Wildman–Crippen MR) is 75.8 cm³/mol. The fourth-order valence-corrected chi connectivity index (χ4v) is 1.69. The summed E-state index contributed by atoms with van der Waals surface area (Å²) >= 11 is 5.49. The van der Waals surface area contributed by atoms with Crippen molar-refractivity contribution in [3.05, 3.63) is 54.6 Å². The van der Waals surface area contributed by atoms with E-state index in [2.05, 4.69) is 29.1 Å². The molecule has 94 valence electrons. The molecule has 0 bridgehead atoms. The molecule has 2 aromatic carbocycles. The summed E-state index contributed by atoms with van der Waals surface area (Å²) in [4.78, 5) is 2.62. The summed E-state index contributed by atoms with van der Waals surface area (Å²) in [6.45, 7) is 2.51. The smallest absolute Gasteiger partial charge is 0.119 e. The molecular weight excluding hydrogens is 246 g/mol. The first-order chi connectivity index (χ1) is 8.79. The maximum atomic E-state index is 5.60. The number of ether oxygens (including phenoxy) is 1. The minimum atomic E-state index is 0.125. The molecule has 1 atom stereocenters. The highest BCUT2D eigenvalue weighted by atomic mass is 35.5. The van der Waals surface area contributed by atoms with E-state index >= 15 is 0 Å². The fraction of sp³-hybridized carbons (Fsp3) is 0.200. The van der Waals surface area contributed by atoms with E-state index in [1.54, 1.807) is 0 Å². The molecule has 0 radical (unpaired) electrons. The molecule has 0 amide bonds. The van der Waals surface area contributed by atoms with Crippen LogP contribution in [0.3, 0.4) is 0 Å². The Kier molecular flexibility index (Phi) is 4.62. The van der Waals surface area contributed by atoms with Crippen molar-refractivity contribution in [1.82, 2.24) is 4.84 Å². The predicted octanol–water partition coefficient (Wildman–Crippen LogP) is 3.86. The molecule has 0 aromatic heterocycles. The average molecular weight is 262 g/mol. The number of halogens is 1. The summed E-state index contributed by atoms with van der Waals surface area (Å²) < 4.78 is 5.60. The molecule has 0 aliphatic carbocycles. The zero-order valence-electron chi connectivity index (χ0n) is 10.3. The van der Waals surface area contributed by atoms with E-state index in [-0.39, 0.29) is 6.04 Å². The Morgan fingerprint density at radius 1 is 1.00 bits per heavy atom. The molecule has 2 nitrogen and oxygen atoms in total. The van der Waals surface area contributed by atoms with Crippen LogP contribution in [-0.4, -0.2) is 12.6 Å². The van der Waals surface area contributed by atoms with Gasteiger partial charge in [0.25, 0.3) is 0 Å². The van der Waals surface area contributed by atoms with Crippen LogP contribution in [0.4, 0.5) is 0 Å². The van der Waals surface area contributed by atoms with E-state index in [0.717, 1.165) is 5.75 Å². The van der Waals surface area contributed by atoms with E-state index in [1.165, 1.54) is 11.1 Å². The lowest BCUT2D eigenvalue weighted by Crippen LogP contribution is -2.24. The fourth-order valence-electron chi connectivity index (χ4n) is 1.63. The van der Waals surface area contributed by atoms with Crippen molar-refractivity contribution in [2.45, 2.75) is 13.0 Å². The first-order valence-corrected chi connectivity index (χ1v) is 6.32. The lowest BCUT2D eigenvalue weighted by Gasteiger charge is -2.11. The van der Waals surface area contributed by atoms with Gasteiger partial charge in [0.2, 0.25) is 0 Å². The van der Waals surface area contributed by atoms with Crippen LogP contribution in [0.2, 0.25) is 0 Å². The van der Waals surface area contributed by atoms with Crippen molar-refractivity contribution in [1.29, 1.82) is 0 Å². The van der Waals surface area contributed by atoms with Crippen molar-refractivity contribution >= 4 is 11.8 Å². The van der Waals surface area contributed by atoms with Crippen LogP contribution < -0.4 is 9.57 Å². The van der Waals surface area contributed by atoms with Gasteiger partial charge in [0.1, 0.15) is 12.4 Å². The van der Waals surface area contributed by atoms with E-state index in [4.69, 9.17) is 16.5 Å². The topological polar surface area (TPSA) is 21.3 Å². The van der Waals surface area contributed by atoms with Gasteiger partial charge >= 0.3 is 0 Å². The SMILES string of the molecule is CC(COc1ccc(-c2ccccc2)cc1)NCl. The molecule has 0 saturated heterocycles. The summed E-state index contributed by atoms with van der Waals surface area (Å²) in [6.07, 6.45) is 0. The van der Waals surface area contributed by atoms with Crippen LogP contribution in [0.25, 0.3) is 11.1 Å². The van der Waals surface area contributed by atoms with Crippen molar-refractivity contribution in [2.75, 3.05) is 6.61 Å². The molecule has 2 rings (SSSR count). The second-order valence-corrected chi connectivity index (χ2v) is 4.43. The Hall–Kier alpha value is -1.51. The Balaban J connectivity index is 2.02. The normalized spacial score (nSPS) is 12.1. The zero-order chi connectivity index (χ0) is 12.8. The van der Waals surface area contributed by atoms with Crippen molar-refractivity contribution < 1.29 is 4.74 Å². The van der Waals surface area contributed by atoms with Crippen LogP contribution in [0.15, 0.2) is 54.6 Å². The maximum Gasteiger partial charge on any atom is 0.119 e. The Labute approximate surface area is 113 Å². The number of hydrogen-bond acceptors (Lipinski definition) is 2. The van der Waals surface area contributed by atoms with Gasteiger partial charge in [-0.3, -0.25) is 0 Å². The monoisotopic (exact) mass is 261 g/mol. The first-order valence-electron chi connectivity index (χ1n) is 5.94. The molecule has 18 heavy (non-hydrogen) atoms. The molecule has 0 aliphatic rings. The van der Waals surface area contributed by atoms with E-state index in [1.807, 2.05) is 37.3 Å². The van der Waals surface area contributed by atoms with Crippen molar-refractivity contribution in [2.24, 2.45) is 0 Å². The molecule has 0 aliphatic heterocycles. The molecule has 3 heteroatoms. The van der Waals surface area contributed by atoms with Crippen LogP contribution in [0.5, 0.6) is 5.75 Å². The van der Waals surface area contributed by atoms with Gasteiger partial charge in [-0.25, -0.2) is 4.84 Å². The van der Waals surface area contributed by atoms with Crippen LogP contribution in [0.1, 0.15) is 6.92 Å².